The maximum absolute atomic E-state index is 10.6. The highest BCUT2D eigenvalue weighted by Crippen LogP contribution is 2.44. The first-order valence-electron chi connectivity index (χ1n) is 6.55. The average molecular weight is 240 g/mol. The van der Waals surface area contributed by atoms with Crippen LogP contribution in [0.25, 0.3) is 0 Å². The average Bonchev–Trinajstić information content (AvgIpc) is 2.93. The van der Waals surface area contributed by atoms with E-state index in [4.69, 9.17) is 9.84 Å². The maximum atomic E-state index is 10.6. The van der Waals surface area contributed by atoms with Gasteiger partial charge in [0.1, 0.15) is 0 Å². The number of likely N-dealkylation sites (tertiary alicyclic amines) is 1. The van der Waals surface area contributed by atoms with E-state index in [1.165, 1.54) is 25.7 Å². The van der Waals surface area contributed by atoms with Crippen molar-refractivity contribution >= 4 is 6.09 Å². The normalized spacial score (nSPS) is 40.9. The van der Waals surface area contributed by atoms with E-state index in [0.717, 1.165) is 26.1 Å². The molecule has 0 aliphatic carbocycles. The van der Waals surface area contributed by atoms with Gasteiger partial charge in [-0.15, -0.1) is 0 Å². The molecule has 5 nitrogen and oxygen atoms in total. The lowest BCUT2D eigenvalue weighted by Crippen LogP contribution is -2.42. The molecule has 3 aliphatic rings. The molecule has 5 heteroatoms. The molecule has 0 aromatic carbocycles. The fourth-order valence-corrected chi connectivity index (χ4v) is 3.58. The molecular formula is C12H20N2O3. The fraction of sp³-hybridized carbons (Fsp3) is 0.917. The van der Waals surface area contributed by atoms with E-state index in [-0.39, 0.29) is 11.6 Å². The predicted molar refractivity (Wildman–Crippen MR) is 62.1 cm³/mol. The van der Waals surface area contributed by atoms with Crippen LogP contribution in [0.2, 0.25) is 0 Å². The number of nitrogens with zero attached hydrogens (tertiary/aromatic N) is 1. The van der Waals surface area contributed by atoms with E-state index in [2.05, 4.69) is 10.2 Å². The topological polar surface area (TPSA) is 61.8 Å². The molecule has 3 rings (SSSR count). The summed E-state index contributed by atoms with van der Waals surface area (Å²) in [6, 6.07) is 0.0995. The Bertz CT molecular complexity index is 313. The molecular weight excluding hydrogens is 220 g/mol. The zero-order chi connectivity index (χ0) is 11.9. The zero-order valence-electron chi connectivity index (χ0n) is 10.0. The highest BCUT2D eigenvalue weighted by atomic mass is 16.5. The Balaban J connectivity index is 1.52. The summed E-state index contributed by atoms with van der Waals surface area (Å²) in [5, 5.41) is 11.3. The van der Waals surface area contributed by atoms with Gasteiger partial charge in [0, 0.05) is 25.7 Å². The van der Waals surface area contributed by atoms with Gasteiger partial charge >= 0.3 is 6.09 Å². The number of hydrogen-bond acceptors (Lipinski definition) is 3. The first kappa shape index (κ1) is 11.3. The number of carboxylic acid groups (broad SMARTS) is 1. The van der Waals surface area contributed by atoms with Crippen LogP contribution in [0.4, 0.5) is 4.79 Å². The van der Waals surface area contributed by atoms with Crippen LogP contribution in [0.1, 0.15) is 32.1 Å². The second kappa shape index (κ2) is 4.14. The van der Waals surface area contributed by atoms with Crippen molar-refractivity contribution in [3.05, 3.63) is 0 Å². The van der Waals surface area contributed by atoms with Crippen LogP contribution in [0, 0.1) is 0 Å². The van der Waals surface area contributed by atoms with Gasteiger partial charge in [-0.1, -0.05) is 0 Å². The Hall–Kier alpha value is -0.810. The molecule has 3 saturated heterocycles. The number of hydrogen-bond donors (Lipinski definition) is 2. The molecule has 3 heterocycles. The molecule has 96 valence electrons. The van der Waals surface area contributed by atoms with Crippen molar-refractivity contribution in [3.8, 4) is 0 Å². The Morgan fingerprint density at radius 3 is 2.76 bits per heavy atom. The van der Waals surface area contributed by atoms with Crippen molar-refractivity contribution in [1.29, 1.82) is 0 Å². The van der Waals surface area contributed by atoms with Gasteiger partial charge in [0.15, 0.2) is 0 Å². The lowest BCUT2D eigenvalue weighted by molar-refractivity contribution is -0.00898. The summed E-state index contributed by atoms with van der Waals surface area (Å²) in [6.07, 6.45) is 5.32. The van der Waals surface area contributed by atoms with Crippen molar-refractivity contribution < 1.29 is 14.6 Å². The van der Waals surface area contributed by atoms with Gasteiger partial charge in [0.2, 0.25) is 0 Å². The molecule has 17 heavy (non-hydrogen) atoms. The van der Waals surface area contributed by atoms with Crippen molar-refractivity contribution in [2.45, 2.75) is 49.9 Å². The second-order valence-electron chi connectivity index (χ2n) is 5.67. The maximum Gasteiger partial charge on any atom is 0.404 e. The third-order valence-corrected chi connectivity index (χ3v) is 4.37. The summed E-state index contributed by atoms with van der Waals surface area (Å²) in [4.78, 5) is 12.9. The van der Waals surface area contributed by atoms with E-state index < -0.39 is 6.09 Å². The Labute approximate surface area is 101 Å². The Morgan fingerprint density at radius 1 is 1.41 bits per heavy atom. The largest absolute Gasteiger partial charge is 0.465 e. The summed E-state index contributed by atoms with van der Waals surface area (Å²) in [7, 11) is 0. The molecule has 2 N–H and O–H groups in total. The van der Waals surface area contributed by atoms with E-state index in [1.807, 2.05) is 0 Å². The molecule has 0 aromatic heterocycles. The molecule has 1 amide bonds. The van der Waals surface area contributed by atoms with Gasteiger partial charge in [0.25, 0.3) is 0 Å². The van der Waals surface area contributed by atoms with E-state index >= 15 is 0 Å². The van der Waals surface area contributed by atoms with Gasteiger partial charge in [-0.05, 0) is 32.1 Å². The van der Waals surface area contributed by atoms with Crippen LogP contribution in [0.3, 0.4) is 0 Å². The smallest absolute Gasteiger partial charge is 0.404 e. The van der Waals surface area contributed by atoms with Crippen LogP contribution in [0.5, 0.6) is 0 Å². The summed E-state index contributed by atoms with van der Waals surface area (Å²) in [6.45, 7) is 2.81. The SMILES string of the molecule is O=C(O)N[C@@H]1CCN(CC23CCC(CC2)O3)C1. The first-order valence-corrected chi connectivity index (χ1v) is 6.55. The zero-order valence-corrected chi connectivity index (χ0v) is 10.0. The number of rotatable bonds is 3. The highest BCUT2D eigenvalue weighted by Gasteiger charge is 2.47. The minimum Gasteiger partial charge on any atom is -0.465 e. The minimum absolute atomic E-state index is 0.0995. The van der Waals surface area contributed by atoms with Gasteiger partial charge in [-0.25, -0.2) is 4.79 Å². The summed E-state index contributed by atoms with van der Waals surface area (Å²) >= 11 is 0. The number of ether oxygens (including phenoxy) is 1. The van der Waals surface area contributed by atoms with Gasteiger partial charge in [-0.3, -0.25) is 4.90 Å². The van der Waals surface area contributed by atoms with E-state index in [0.29, 0.717) is 6.10 Å². The quantitative estimate of drug-likeness (QED) is 0.773. The third kappa shape index (κ3) is 2.26. The Kier molecular flexibility index (Phi) is 2.75. The van der Waals surface area contributed by atoms with Crippen LogP contribution < -0.4 is 5.32 Å². The first-order chi connectivity index (χ1) is 8.15. The molecule has 0 aromatic rings. The fourth-order valence-electron chi connectivity index (χ4n) is 3.58. The lowest BCUT2D eigenvalue weighted by Gasteiger charge is -2.30. The molecule has 3 aliphatic heterocycles. The molecule has 3 fully saturated rings. The predicted octanol–water partition coefficient (Wildman–Crippen LogP) is 1.04. The van der Waals surface area contributed by atoms with Gasteiger partial charge in [-0.2, -0.15) is 0 Å². The molecule has 0 radical (unpaired) electrons. The Morgan fingerprint density at radius 2 is 2.18 bits per heavy atom. The van der Waals surface area contributed by atoms with Crippen molar-refractivity contribution in [1.82, 2.24) is 10.2 Å². The summed E-state index contributed by atoms with van der Waals surface area (Å²) in [5.41, 5.74) is 0.1000. The van der Waals surface area contributed by atoms with Crippen molar-refractivity contribution in [2.75, 3.05) is 19.6 Å². The van der Waals surface area contributed by atoms with E-state index in [1.54, 1.807) is 0 Å². The van der Waals surface area contributed by atoms with Crippen LogP contribution >= 0.6 is 0 Å². The van der Waals surface area contributed by atoms with Crippen LogP contribution in [-0.4, -0.2) is 53.5 Å². The molecule has 2 bridgehead atoms. The minimum atomic E-state index is -0.909. The number of amides is 1. The van der Waals surface area contributed by atoms with E-state index in [9.17, 15) is 4.79 Å². The molecule has 0 spiro atoms. The number of carbonyl (C=O) groups is 1. The molecule has 1 atom stereocenters. The monoisotopic (exact) mass is 240 g/mol. The molecule has 0 unspecified atom stereocenters. The van der Waals surface area contributed by atoms with Crippen LogP contribution in [0.15, 0.2) is 0 Å². The lowest BCUT2D eigenvalue weighted by atomic mass is 9.88. The second-order valence-corrected chi connectivity index (χ2v) is 5.67. The molecule has 0 saturated carbocycles. The third-order valence-electron chi connectivity index (χ3n) is 4.37. The van der Waals surface area contributed by atoms with Gasteiger partial charge < -0.3 is 15.2 Å². The highest BCUT2D eigenvalue weighted by molar-refractivity contribution is 5.64. The van der Waals surface area contributed by atoms with Crippen molar-refractivity contribution in [3.63, 3.8) is 0 Å². The summed E-state index contributed by atoms with van der Waals surface area (Å²) in [5.74, 6) is 0. The van der Waals surface area contributed by atoms with Crippen LogP contribution in [-0.2, 0) is 4.74 Å². The van der Waals surface area contributed by atoms with Crippen molar-refractivity contribution in [2.24, 2.45) is 0 Å². The summed E-state index contributed by atoms with van der Waals surface area (Å²) < 4.78 is 6.06. The standard InChI is InChI=1S/C12H20N2O3/c15-11(16)13-9-3-6-14(7-9)8-12-4-1-10(17-12)2-5-12/h9-10,13H,1-8H2,(H,15,16)/t9-,10?,12?/m1/s1. The number of nitrogens with one attached hydrogen (secondary N) is 1. The number of fused-ring (bicyclic) bond motifs is 2. The van der Waals surface area contributed by atoms with Gasteiger partial charge in [0.05, 0.1) is 11.7 Å².